The van der Waals surface area contributed by atoms with Crippen molar-refractivity contribution in [2.75, 3.05) is 11.9 Å². The van der Waals surface area contributed by atoms with Crippen LogP contribution in [-0.4, -0.2) is 23.5 Å². The third kappa shape index (κ3) is 3.18. The predicted octanol–water partition coefficient (Wildman–Crippen LogP) is 1.82. The van der Waals surface area contributed by atoms with Crippen molar-refractivity contribution >= 4 is 23.3 Å². The summed E-state index contributed by atoms with van der Waals surface area (Å²) in [6.07, 6.45) is 4.28. The summed E-state index contributed by atoms with van der Waals surface area (Å²) < 4.78 is 0. The molecule has 0 bridgehead atoms. The number of nitrogens with zero attached hydrogens (tertiary/aromatic N) is 1. The summed E-state index contributed by atoms with van der Waals surface area (Å²) in [4.78, 5) is 15.7. The van der Waals surface area contributed by atoms with Crippen molar-refractivity contribution in [2.24, 2.45) is 0 Å². The number of amides is 1. The molecule has 1 aromatic rings. The van der Waals surface area contributed by atoms with E-state index >= 15 is 0 Å². The summed E-state index contributed by atoms with van der Waals surface area (Å²) in [5, 5.41) is 6.59. The number of hydrogen-bond acceptors (Lipinski definition) is 3. The van der Waals surface area contributed by atoms with Crippen LogP contribution in [0.1, 0.15) is 19.3 Å². The van der Waals surface area contributed by atoms with E-state index in [1.165, 1.54) is 0 Å². The first kappa shape index (κ1) is 11.4. The van der Waals surface area contributed by atoms with Crippen molar-refractivity contribution in [1.29, 1.82) is 0 Å². The Bertz CT molecular complexity index is 377. The molecule has 1 aliphatic rings. The van der Waals surface area contributed by atoms with Gasteiger partial charge in [0.25, 0.3) is 0 Å². The number of nitrogens with one attached hydrogen (secondary N) is 2. The van der Waals surface area contributed by atoms with Crippen molar-refractivity contribution in [2.45, 2.75) is 25.3 Å². The minimum absolute atomic E-state index is 0.0193. The van der Waals surface area contributed by atoms with E-state index < -0.39 is 0 Å². The molecule has 2 heterocycles. The van der Waals surface area contributed by atoms with Crippen LogP contribution < -0.4 is 10.6 Å². The maximum atomic E-state index is 11.6. The fourth-order valence-electron chi connectivity index (χ4n) is 1.82. The smallest absolute Gasteiger partial charge is 0.227 e. The first-order valence-electron chi connectivity index (χ1n) is 5.39. The molecule has 1 aromatic heterocycles. The second kappa shape index (κ2) is 5.27. The van der Waals surface area contributed by atoms with Crippen molar-refractivity contribution in [3.8, 4) is 0 Å². The lowest BCUT2D eigenvalue weighted by molar-refractivity contribution is -0.116. The maximum absolute atomic E-state index is 11.6. The molecule has 2 rings (SSSR count). The molecule has 1 unspecified atom stereocenters. The van der Waals surface area contributed by atoms with Crippen molar-refractivity contribution in [3.05, 3.63) is 23.4 Å². The Balaban J connectivity index is 1.86. The fraction of sp³-hybridized carbons (Fsp3) is 0.455. The number of rotatable bonds is 3. The molecular weight excluding hydrogens is 226 g/mol. The van der Waals surface area contributed by atoms with E-state index in [0.717, 1.165) is 19.4 Å². The van der Waals surface area contributed by atoms with Gasteiger partial charge in [-0.3, -0.25) is 4.79 Å². The molecule has 0 saturated carbocycles. The van der Waals surface area contributed by atoms with Gasteiger partial charge in [0.1, 0.15) is 5.82 Å². The van der Waals surface area contributed by atoms with Gasteiger partial charge in [-0.25, -0.2) is 4.98 Å². The molecule has 4 nitrogen and oxygen atoms in total. The molecule has 1 fully saturated rings. The van der Waals surface area contributed by atoms with Gasteiger partial charge >= 0.3 is 0 Å². The number of aromatic nitrogens is 1. The summed E-state index contributed by atoms with van der Waals surface area (Å²) in [6, 6.07) is 3.62. The molecule has 16 heavy (non-hydrogen) atoms. The van der Waals surface area contributed by atoms with E-state index in [9.17, 15) is 4.79 Å². The lowest BCUT2D eigenvalue weighted by Crippen LogP contribution is -2.27. The van der Waals surface area contributed by atoms with Crippen LogP contribution in [0.25, 0.3) is 0 Å². The third-order valence-electron chi connectivity index (χ3n) is 2.58. The number of anilines is 1. The van der Waals surface area contributed by atoms with Crippen molar-refractivity contribution in [1.82, 2.24) is 10.3 Å². The molecule has 0 aliphatic carbocycles. The largest absolute Gasteiger partial charge is 0.313 e. The van der Waals surface area contributed by atoms with Gasteiger partial charge in [0, 0.05) is 23.7 Å². The molecule has 1 saturated heterocycles. The first-order chi connectivity index (χ1) is 7.74. The third-order valence-corrected chi connectivity index (χ3v) is 2.82. The van der Waals surface area contributed by atoms with Gasteiger partial charge in [-0.15, -0.1) is 0 Å². The van der Waals surface area contributed by atoms with Gasteiger partial charge in [-0.2, -0.15) is 0 Å². The maximum Gasteiger partial charge on any atom is 0.227 e. The predicted molar refractivity (Wildman–Crippen MR) is 63.5 cm³/mol. The van der Waals surface area contributed by atoms with Crippen molar-refractivity contribution in [3.63, 3.8) is 0 Å². The number of hydrogen-bond donors (Lipinski definition) is 2. The minimum atomic E-state index is -0.0193. The quantitative estimate of drug-likeness (QED) is 0.846. The SMILES string of the molecule is O=C(CC1CCCN1)Nc1cc(Cl)ccn1. The molecule has 0 aromatic carbocycles. The van der Waals surface area contributed by atoms with Gasteiger partial charge in [-0.05, 0) is 31.5 Å². The van der Waals surface area contributed by atoms with Crippen LogP contribution in [0.4, 0.5) is 5.82 Å². The zero-order chi connectivity index (χ0) is 11.4. The number of pyridine rings is 1. The summed E-state index contributed by atoms with van der Waals surface area (Å²) in [5.41, 5.74) is 0. The van der Waals surface area contributed by atoms with E-state index in [1.54, 1.807) is 18.3 Å². The lowest BCUT2D eigenvalue weighted by atomic mass is 10.1. The number of halogens is 1. The molecule has 2 N–H and O–H groups in total. The summed E-state index contributed by atoms with van der Waals surface area (Å²) >= 11 is 5.79. The highest BCUT2D eigenvalue weighted by molar-refractivity contribution is 6.30. The molecule has 86 valence electrons. The zero-order valence-electron chi connectivity index (χ0n) is 8.87. The summed E-state index contributed by atoms with van der Waals surface area (Å²) in [5.74, 6) is 0.490. The van der Waals surface area contributed by atoms with Gasteiger partial charge < -0.3 is 10.6 Å². The van der Waals surface area contributed by atoms with Crippen LogP contribution in [0.15, 0.2) is 18.3 Å². The molecule has 5 heteroatoms. The summed E-state index contributed by atoms with van der Waals surface area (Å²) in [7, 11) is 0. The Morgan fingerprint density at radius 1 is 1.69 bits per heavy atom. The van der Waals surface area contributed by atoms with E-state index in [1.807, 2.05) is 0 Å². The Kier molecular flexibility index (Phi) is 3.74. The van der Waals surface area contributed by atoms with E-state index in [-0.39, 0.29) is 5.91 Å². The molecule has 0 radical (unpaired) electrons. The zero-order valence-corrected chi connectivity index (χ0v) is 9.63. The highest BCUT2D eigenvalue weighted by Gasteiger charge is 2.17. The van der Waals surface area contributed by atoms with Crippen LogP contribution in [0, 0.1) is 0 Å². The Morgan fingerprint density at radius 2 is 2.56 bits per heavy atom. The summed E-state index contributed by atoms with van der Waals surface area (Å²) in [6.45, 7) is 1.01. The molecule has 0 spiro atoms. The van der Waals surface area contributed by atoms with Crippen LogP contribution >= 0.6 is 11.6 Å². The monoisotopic (exact) mass is 239 g/mol. The van der Waals surface area contributed by atoms with Gasteiger partial charge in [0.15, 0.2) is 0 Å². The van der Waals surface area contributed by atoms with Gasteiger partial charge in [0.2, 0.25) is 5.91 Å². The highest BCUT2D eigenvalue weighted by Crippen LogP contribution is 2.13. The lowest BCUT2D eigenvalue weighted by Gasteiger charge is -2.09. The van der Waals surface area contributed by atoms with Gasteiger partial charge in [0.05, 0.1) is 0 Å². The topological polar surface area (TPSA) is 54.0 Å². The number of carbonyl (C=O) groups is 1. The molecule has 1 atom stereocenters. The second-order valence-corrected chi connectivity index (χ2v) is 4.34. The normalized spacial score (nSPS) is 19.7. The Morgan fingerprint density at radius 3 is 3.25 bits per heavy atom. The first-order valence-corrected chi connectivity index (χ1v) is 5.76. The van der Waals surface area contributed by atoms with Crippen LogP contribution in [0.2, 0.25) is 5.02 Å². The van der Waals surface area contributed by atoms with E-state index in [2.05, 4.69) is 15.6 Å². The molecule has 1 amide bonds. The van der Waals surface area contributed by atoms with Crippen LogP contribution in [0.5, 0.6) is 0 Å². The van der Waals surface area contributed by atoms with Crippen molar-refractivity contribution < 1.29 is 4.79 Å². The standard InChI is InChI=1S/C11H14ClN3O/c12-8-3-5-14-10(6-8)15-11(16)7-9-2-1-4-13-9/h3,5-6,9,13H,1-2,4,7H2,(H,14,15,16). The molecular formula is C11H14ClN3O. The average molecular weight is 240 g/mol. The highest BCUT2D eigenvalue weighted by atomic mass is 35.5. The van der Waals surface area contributed by atoms with Crippen LogP contribution in [0.3, 0.4) is 0 Å². The Labute approximate surface area is 99.4 Å². The second-order valence-electron chi connectivity index (χ2n) is 3.90. The minimum Gasteiger partial charge on any atom is -0.313 e. The Hall–Kier alpha value is -1.13. The average Bonchev–Trinajstić information content (AvgIpc) is 2.70. The number of carbonyl (C=O) groups excluding carboxylic acids is 1. The molecule has 1 aliphatic heterocycles. The fourth-order valence-corrected chi connectivity index (χ4v) is 1.98. The van der Waals surface area contributed by atoms with E-state index in [0.29, 0.717) is 23.3 Å². The van der Waals surface area contributed by atoms with E-state index in [4.69, 9.17) is 11.6 Å². The van der Waals surface area contributed by atoms with Crippen LogP contribution in [-0.2, 0) is 4.79 Å². The van der Waals surface area contributed by atoms with Gasteiger partial charge in [-0.1, -0.05) is 11.6 Å².